The molecule has 3 nitrogen and oxygen atoms in total. The number of nitrogens with one attached hydrogen (secondary N) is 1. The Hall–Kier alpha value is -1.51. The molecule has 0 saturated heterocycles. The van der Waals surface area contributed by atoms with Crippen LogP contribution in [0.25, 0.3) is 0 Å². The molecular formula is C9H11NO2. The molecule has 0 saturated carbocycles. The second kappa shape index (κ2) is 3.76. The summed E-state index contributed by atoms with van der Waals surface area (Å²) >= 11 is 0. The first-order valence-electron chi connectivity index (χ1n) is 3.64. The van der Waals surface area contributed by atoms with Crippen molar-refractivity contribution in [3.8, 4) is 0 Å². The Labute approximate surface area is 71.4 Å². The number of carbonyl (C=O) groups excluding carboxylic acids is 1. The summed E-state index contributed by atoms with van der Waals surface area (Å²) < 4.78 is 4.46. The van der Waals surface area contributed by atoms with E-state index in [0.29, 0.717) is 0 Å². The number of hydrogen-bond acceptors (Lipinski definition) is 2. The van der Waals surface area contributed by atoms with Crippen molar-refractivity contribution in [1.82, 2.24) is 0 Å². The minimum atomic E-state index is -0.440. The van der Waals surface area contributed by atoms with Gasteiger partial charge in [-0.25, -0.2) is 4.79 Å². The normalized spacial score (nSPS) is 9.17. The van der Waals surface area contributed by atoms with Gasteiger partial charge in [0.05, 0.1) is 7.11 Å². The van der Waals surface area contributed by atoms with Crippen molar-refractivity contribution in [2.75, 3.05) is 12.4 Å². The van der Waals surface area contributed by atoms with Crippen molar-refractivity contribution in [3.05, 3.63) is 29.8 Å². The Balaban J connectivity index is 2.75. The van der Waals surface area contributed by atoms with E-state index in [4.69, 9.17) is 0 Å². The highest BCUT2D eigenvalue weighted by atomic mass is 16.5. The summed E-state index contributed by atoms with van der Waals surface area (Å²) in [7, 11) is 1.34. The summed E-state index contributed by atoms with van der Waals surface area (Å²) in [5, 5.41) is 2.60. The maximum atomic E-state index is 10.8. The molecule has 0 aliphatic carbocycles. The smallest absolute Gasteiger partial charge is 0.411 e. The van der Waals surface area contributed by atoms with Gasteiger partial charge in [-0.1, -0.05) is 18.2 Å². The van der Waals surface area contributed by atoms with Crippen molar-refractivity contribution in [3.63, 3.8) is 0 Å². The van der Waals surface area contributed by atoms with Crippen LogP contribution in [0.1, 0.15) is 5.56 Å². The molecule has 0 atom stereocenters. The molecule has 0 heterocycles. The molecule has 0 aliphatic rings. The number of rotatable bonds is 1. The molecule has 1 amide bonds. The molecule has 0 spiro atoms. The van der Waals surface area contributed by atoms with Crippen LogP contribution >= 0.6 is 0 Å². The Morgan fingerprint density at radius 1 is 1.42 bits per heavy atom. The van der Waals surface area contributed by atoms with E-state index in [2.05, 4.69) is 10.1 Å². The van der Waals surface area contributed by atoms with E-state index in [0.717, 1.165) is 11.3 Å². The number of methoxy groups -OCH3 is 1. The largest absolute Gasteiger partial charge is 0.453 e. The van der Waals surface area contributed by atoms with E-state index in [9.17, 15) is 4.79 Å². The third-order valence-corrected chi connectivity index (χ3v) is 1.57. The molecule has 1 aromatic rings. The van der Waals surface area contributed by atoms with Gasteiger partial charge in [0.15, 0.2) is 0 Å². The first-order chi connectivity index (χ1) is 5.74. The standard InChI is InChI=1S/C9H11NO2/c1-7-5-3-4-6-8(7)10-9(11)12-2/h3-6H,1-2H3,(H,10,11). The van der Waals surface area contributed by atoms with Crippen LogP contribution in [0.5, 0.6) is 0 Å². The average Bonchev–Trinajstić information content (AvgIpc) is 2.09. The number of para-hydroxylation sites is 1. The summed E-state index contributed by atoms with van der Waals surface area (Å²) in [5.41, 5.74) is 1.80. The maximum Gasteiger partial charge on any atom is 0.411 e. The summed E-state index contributed by atoms with van der Waals surface area (Å²) in [6, 6.07) is 7.52. The fraction of sp³-hybridized carbons (Fsp3) is 0.222. The van der Waals surface area contributed by atoms with Gasteiger partial charge in [0, 0.05) is 5.69 Å². The van der Waals surface area contributed by atoms with Crippen LogP contribution in [0.15, 0.2) is 24.3 Å². The van der Waals surface area contributed by atoms with Crippen molar-refractivity contribution < 1.29 is 9.53 Å². The number of amides is 1. The molecule has 1 rings (SSSR count). The molecule has 1 aromatic carbocycles. The minimum Gasteiger partial charge on any atom is -0.453 e. The highest BCUT2D eigenvalue weighted by molar-refractivity contribution is 5.85. The van der Waals surface area contributed by atoms with Gasteiger partial charge in [-0.05, 0) is 18.6 Å². The number of hydrogen-bond donors (Lipinski definition) is 1. The monoisotopic (exact) mass is 165 g/mol. The second-order valence-electron chi connectivity index (χ2n) is 2.43. The molecule has 0 aromatic heterocycles. The van der Waals surface area contributed by atoms with Gasteiger partial charge in [0.2, 0.25) is 0 Å². The molecule has 0 bridgehead atoms. The average molecular weight is 165 g/mol. The van der Waals surface area contributed by atoms with E-state index in [-0.39, 0.29) is 0 Å². The van der Waals surface area contributed by atoms with Crippen LogP contribution in [0.2, 0.25) is 0 Å². The lowest BCUT2D eigenvalue weighted by Gasteiger charge is -2.05. The first-order valence-corrected chi connectivity index (χ1v) is 3.64. The lowest BCUT2D eigenvalue weighted by Crippen LogP contribution is -2.11. The van der Waals surface area contributed by atoms with Crippen LogP contribution in [-0.4, -0.2) is 13.2 Å². The SMILES string of the molecule is COC(=O)Nc1ccccc1C. The minimum absolute atomic E-state index is 0.440. The number of benzene rings is 1. The predicted octanol–water partition coefficient (Wildman–Crippen LogP) is 2.17. The highest BCUT2D eigenvalue weighted by Crippen LogP contribution is 2.12. The zero-order chi connectivity index (χ0) is 8.97. The van der Waals surface area contributed by atoms with Crippen molar-refractivity contribution in [2.24, 2.45) is 0 Å². The molecule has 3 heteroatoms. The Kier molecular flexibility index (Phi) is 2.69. The summed E-state index contributed by atoms with van der Waals surface area (Å²) in [6.07, 6.45) is -0.440. The maximum absolute atomic E-state index is 10.8. The summed E-state index contributed by atoms with van der Waals surface area (Å²) in [4.78, 5) is 10.8. The Bertz CT molecular complexity index is 284. The lowest BCUT2D eigenvalue weighted by atomic mass is 10.2. The van der Waals surface area contributed by atoms with Gasteiger partial charge < -0.3 is 4.74 Å². The topological polar surface area (TPSA) is 38.3 Å². The zero-order valence-electron chi connectivity index (χ0n) is 7.13. The van der Waals surface area contributed by atoms with Crippen LogP contribution in [0, 0.1) is 6.92 Å². The van der Waals surface area contributed by atoms with Crippen molar-refractivity contribution >= 4 is 11.8 Å². The van der Waals surface area contributed by atoms with Crippen molar-refractivity contribution in [2.45, 2.75) is 6.92 Å². The zero-order valence-corrected chi connectivity index (χ0v) is 7.13. The third-order valence-electron chi connectivity index (χ3n) is 1.57. The molecule has 0 aliphatic heterocycles. The molecule has 1 N–H and O–H groups in total. The van der Waals surface area contributed by atoms with Gasteiger partial charge in [-0.2, -0.15) is 0 Å². The van der Waals surface area contributed by atoms with E-state index in [1.807, 2.05) is 31.2 Å². The van der Waals surface area contributed by atoms with Crippen LogP contribution in [0.3, 0.4) is 0 Å². The highest BCUT2D eigenvalue weighted by Gasteiger charge is 2.01. The lowest BCUT2D eigenvalue weighted by molar-refractivity contribution is 0.187. The summed E-state index contributed by atoms with van der Waals surface area (Å²) in [6.45, 7) is 1.92. The predicted molar refractivity (Wildman–Crippen MR) is 47.2 cm³/mol. The van der Waals surface area contributed by atoms with Gasteiger partial charge in [-0.3, -0.25) is 5.32 Å². The van der Waals surface area contributed by atoms with Crippen LogP contribution < -0.4 is 5.32 Å². The fourth-order valence-electron chi connectivity index (χ4n) is 0.874. The van der Waals surface area contributed by atoms with E-state index in [1.165, 1.54) is 7.11 Å². The van der Waals surface area contributed by atoms with E-state index >= 15 is 0 Å². The van der Waals surface area contributed by atoms with Crippen molar-refractivity contribution in [1.29, 1.82) is 0 Å². The third kappa shape index (κ3) is 1.99. The van der Waals surface area contributed by atoms with Crippen LogP contribution in [-0.2, 0) is 4.74 Å². The van der Waals surface area contributed by atoms with Gasteiger partial charge in [0.1, 0.15) is 0 Å². The number of carbonyl (C=O) groups is 1. The molecule has 0 fully saturated rings. The van der Waals surface area contributed by atoms with Crippen LogP contribution in [0.4, 0.5) is 10.5 Å². The van der Waals surface area contributed by atoms with Gasteiger partial charge >= 0.3 is 6.09 Å². The second-order valence-corrected chi connectivity index (χ2v) is 2.43. The molecule has 12 heavy (non-hydrogen) atoms. The summed E-state index contributed by atoms with van der Waals surface area (Å²) in [5.74, 6) is 0. The molecule has 0 unspecified atom stereocenters. The number of anilines is 1. The van der Waals surface area contributed by atoms with E-state index in [1.54, 1.807) is 0 Å². The molecule has 0 radical (unpaired) electrons. The fourth-order valence-corrected chi connectivity index (χ4v) is 0.874. The quantitative estimate of drug-likeness (QED) is 0.692. The van der Waals surface area contributed by atoms with Gasteiger partial charge in [-0.15, -0.1) is 0 Å². The Morgan fingerprint density at radius 2 is 2.08 bits per heavy atom. The number of ether oxygens (including phenoxy) is 1. The van der Waals surface area contributed by atoms with Gasteiger partial charge in [0.25, 0.3) is 0 Å². The Morgan fingerprint density at radius 3 is 2.67 bits per heavy atom. The molecular weight excluding hydrogens is 154 g/mol. The number of aryl methyl sites for hydroxylation is 1. The molecule has 64 valence electrons. The first kappa shape index (κ1) is 8.59. The van der Waals surface area contributed by atoms with E-state index < -0.39 is 6.09 Å².